The third-order valence-corrected chi connectivity index (χ3v) is 9.71. The van der Waals surface area contributed by atoms with Gasteiger partial charge in [-0.3, -0.25) is 9.59 Å². The zero-order chi connectivity index (χ0) is 21.7. The van der Waals surface area contributed by atoms with Gasteiger partial charge in [0.15, 0.2) is 0 Å². The van der Waals surface area contributed by atoms with Crippen molar-refractivity contribution in [2.75, 3.05) is 19.6 Å². The minimum atomic E-state index is -1.17. The Morgan fingerprint density at radius 2 is 1.83 bits per heavy atom. The quantitative estimate of drug-likeness (QED) is 0.384. The highest BCUT2D eigenvalue weighted by atomic mass is 79.9. The molecule has 2 amide bonds. The molecule has 2 fully saturated rings. The van der Waals surface area contributed by atoms with Gasteiger partial charge >= 0.3 is 0 Å². The second-order valence-electron chi connectivity index (χ2n) is 9.03. The predicted octanol–water partition coefficient (Wildman–Crippen LogP) is 3.21. The number of amides is 2. The van der Waals surface area contributed by atoms with Crippen molar-refractivity contribution in [1.29, 1.82) is 0 Å². The van der Waals surface area contributed by atoms with Crippen LogP contribution in [0.3, 0.4) is 0 Å². The Balaban J connectivity index is 1.77. The molecule has 0 radical (unpaired) electrons. The van der Waals surface area contributed by atoms with E-state index >= 15 is 0 Å². The van der Waals surface area contributed by atoms with Crippen LogP contribution in [0.4, 0.5) is 0 Å². The maximum absolute atomic E-state index is 13.3. The Labute approximate surface area is 190 Å². The first kappa shape index (κ1) is 22.0. The van der Waals surface area contributed by atoms with E-state index in [4.69, 9.17) is 11.5 Å². The van der Waals surface area contributed by atoms with Crippen LogP contribution in [0, 0.1) is 22.7 Å². The van der Waals surface area contributed by atoms with Crippen LogP contribution in [0.1, 0.15) is 51.0 Å². The summed E-state index contributed by atoms with van der Waals surface area (Å²) in [6.45, 7) is 7.30. The number of carbonyl (C=O) groups is 2. The minimum absolute atomic E-state index is 0.0453. The number of unbranched alkanes of at least 4 members (excludes halogenated alkanes) is 1. The maximum atomic E-state index is 13.3. The Hall–Kier alpha value is -1.25. The molecule has 30 heavy (non-hydrogen) atoms. The number of nitrogens with two attached hydrogens (primary N) is 2. The summed E-state index contributed by atoms with van der Waals surface area (Å²) in [5.74, 6) is -1.02. The molecule has 8 heteroatoms. The lowest BCUT2D eigenvalue weighted by Gasteiger charge is -2.46. The highest BCUT2D eigenvalue weighted by Gasteiger charge is 2.83. The Morgan fingerprint density at radius 3 is 2.33 bits per heavy atom. The van der Waals surface area contributed by atoms with Gasteiger partial charge in [-0.2, -0.15) is 0 Å². The van der Waals surface area contributed by atoms with E-state index < -0.39 is 22.6 Å². The first-order valence-electron chi connectivity index (χ1n) is 10.9. The van der Waals surface area contributed by atoms with Crippen LogP contribution in [0.5, 0.6) is 0 Å². The molecule has 0 aromatic carbocycles. The van der Waals surface area contributed by atoms with Crippen molar-refractivity contribution in [3.63, 3.8) is 0 Å². The summed E-state index contributed by atoms with van der Waals surface area (Å²) in [6.07, 6.45) is 10.3. The van der Waals surface area contributed by atoms with E-state index in [0.29, 0.717) is 11.4 Å². The standard InChI is InChI=1S/C22H31BrN4O2S/c1-3-27(4-2)12-6-5-9-21(17(24)28)14-7-8-15(20(14)10-11-20)22(21,18(25)29)19-26-13-16(23)30-19/h7-8,13-15H,3-6,9-12H2,1-2H3,(H2,24,28)(H2,25,29)/t14-,15+,21+,22-/m1/s1. The van der Waals surface area contributed by atoms with Crippen molar-refractivity contribution in [3.05, 3.63) is 27.1 Å². The van der Waals surface area contributed by atoms with Crippen molar-refractivity contribution in [3.8, 4) is 0 Å². The number of primary amides is 2. The average molecular weight is 495 g/mol. The van der Waals surface area contributed by atoms with Gasteiger partial charge in [-0.05, 0) is 72.6 Å². The smallest absolute Gasteiger partial charge is 0.232 e. The monoisotopic (exact) mass is 494 g/mol. The molecule has 3 aliphatic carbocycles. The molecule has 1 heterocycles. The van der Waals surface area contributed by atoms with Gasteiger partial charge in [0.2, 0.25) is 11.8 Å². The van der Waals surface area contributed by atoms with E-state index in [2.05, 4.69) is 51.8 Å². The number of hydrogen-bond acceptors (Lipinski definition) is 5. The summed E-state index contributed by atoms with van der Waals surface area (Å²) in [5, 5.41) is 0.632. The van der Waals surface area contributed by atoms with Crippen molar-refractivity contribution < 1.29 is 9.59 Å². The van der Waals surface area contributed by atoms with Gasteiger partial charge in [-0.15, -0.1) is 11.3 Å². The number of rotatable bonds is 10. The number of hydrogen-bond donors (Lipinski definition) is 2. The SMILES string of the molecule is CCN(CC)CCCC[C@@]1(C(N)=O)[C@@H]2C=C[C@@H](C23CC3)[C@@]1(C(N)=O)c1ncc(Br)s1. The van der Waals surface area contributed by atoms with Gasteiger partial charge in [-0.25, -0.2) is 4.98 Å². The molecule has 0 saturated heterocycles. The van der Waals surface area contributed by atoms with Crippen molar-refractivity contribution in [2.45, 2.75) is 51.4 Å². The van der Waals surface area contributed by atoms with Gasteiger partial charge in [-0.1, -0.05) is 32.4 Å². The Bertz CT molecular complexity index is 878. The molecule has 4 rings (SSSR count). The number of halogens is 1. The van der Waals surface area contributed by atoms with Gasteiger partial charge < -0.3 is 16.4 Å². The minimum Gasteiger partial charge on any atom is -0.369 e. The third kappa shape index (κ3) is 2.72. The summed E-state index contributed by atoms with van der Waals surface area (Å²) in [4.78, 5) is 33.6. The highest BCUT2D eigenvalue weighted by Crippen LogP contribution is 2.80. The van der Waals surface area contributed by atoms with Crippen molar-refractivity contribution >= 4 is 39.1 Å². The van der Waals surface area contributed by atoms with Crippen LogP contribution in [0.15, 0.2) is 22.1 Å². The lowest BCUT2D eigenvalue weighted by molar-refractivity contribution is -0.143. The molecule has 4 atom stereocenters. The molecule has 2 bridgehead atoms. The Kier molecular flexibility index (Phi) is 5.64. The van der Waals surface area contributed by atoms with Gasteiger partial charge in [0.05, 0.1) is 15.4 Å². The second kappa shape index (κ2) is 7.71. The highest BCUT2D eigenvalue weighted by molar-refractivity contribution is 9.11. The topological polar surface area (TPSA) is 102 Å². The molecule has 6 nitrogen and oxygen atoms in total. The van der Waals surface area contributed by atoms with Gasteiger partial charge in [0, 0.05) is 5.92 Å². The fraction of sp³-hybridized carbons (Fsp3) is 0.682. The van der Waals surface area contributed by atoms with Crippen LogP contribution < -0.4 is 11.5 Å². The predicted molar refractivity (Wildman–Crippen MR) is 122 cm³/mol. The van der Waals surface area contributed by atoms with E-state index in [1.807, 2.05) is 0 Å². The molecule has 2 saturated carbocycles. The van der Waals surface area contributed by atoms with Crippen LogP contribution in [-0.4, -0.2) is 41.3 Å². The van der Waals surface area contributed by atoms with Crippen molar-refractivity contribution in [2.24, 2.45) is 34.1 Å². The molecule has 164 valence electrons. The summed E-state index contributed by atoms with van der Waals surface area (Å²) >= 11 is 4.89. The van der Waals surface area contributed by atoms with Crippen LogP contribution in [-0.2, 0) is 15.0 Å². The van der Waals surface area contributed by atoms with Crippen molar-refractivity contribution in [1.82, 2.24) is 9.88 Å². The molecule has 0 aliphatic heterocycles. The number of carbonyl (C=O) groups excluding carboxylic acids is 2. The Morgan fingerprint density at radius 1 is 1.17 bits per heavy atom. The lowest BCUT2D eigenvalue weighted by Crippen LogP contribution is -2.62. The molecule has 1 aromatic rings. The first-order chi connectivity index (χ1) is 14.3. The van der Waals surface area contributed by atoms with Gasteiger partial charge in [0.1, 0.15) is 10.4 Å². The summed E-state index contributed by atoms with van der Waals surface area (Å²) in [6, 6.07) is 0. The van der Waals surface area contributed by atoms with Crippen LogP contribution in [0.2, 0.25) is 0 Å². The normalized spacial score (nSPS) is 32.9. The number of nitrogens with zero attached hydrogens (tertiary/aromatic N) is 2. The molecule has 4 N–H and O–H groups in total. The number of thiazole rings is 1. The molecular weight excluding hydrogens is 464 g/mol. The molecule has 1 aromatic heterocycles. The summed E-state index contributed by atoms with van der Waals surface area (Å²) in [7, 11) is 0. The molecular formula is C22H31BrN4O2S. The zero-order valence-electron chi connectivity index (χ0n) is 17.7. The third-order valence-electron chi connectivity index (χ3n) is 8.10. The van der Waals surface area contributed by atoms with E-state index in [9.17, 15) is 9.59 Å². The largest absolute Gasteiger partial charge is 0.369 e. The fourth-order valence-corrected chi connectivity index (χ4v) is 8.19. The maximum Gasteiger partial charge on any atom is 0.232 e. The van der Waals surface area contributed by atoms with E-state index in [-0.39, 0.29) is 17.3 Å². The zero-order valence-corrected chi connectivity index (χ0v) is 20.1. The van der Waals surface area contributed by atoms with Crippen LogP contribution in [0.25, 0.3) is 0 Å². The van der Waals surface area contributed by atoms with Crippen LogP contribution >= 0.6 is 27.3 Å². The molecule has 1 spiro atoms. The summed E-state index contributed by atoms with van der Waals surface area (Å²) in [5.41, 5.74) is 10.1. The first-order valence-corrected chi connectivity index (χ1v) is 12.5. The second-order valence-corrected chi connectivity index (χ2v) is 11.4. The molecule has 0 unspecified atom stereocenters. The summed E-state index contributed by atoms with van der Waals surface area (Å²) < 4.78 is 0.828. The molecule has 3 aliphatic rings. The number of aromatic nitrogens is 1. The number of allylic oxidation sites excluding steroid dienone is 2. The lowest BCUT2D eigenvalue weighted by atomic mass is 9.55. The van der Waals surface area contributed by atoms with E-state index in [0.717, 1.165) is 49.1 Å². The fourth-order valence-electron chi connectivity index (χ4n) is 6.66. The van der Waals surface area contributed by atoms with E-state index in [1.54, 1.807) is 6.20 Å². The van der Waals surface area contributed by atoms with Gasteiger partial charge in [0.25, 0.3) is 0 Å². The van der Waals surface area contributed by atoms with E-state index in [1.165, 1.54) is 11.3 Å². The average Bonchev–Trinajstić information content (AvgIpc) is 3.18.